The maximum absolute atomic E-state index is 13.0. The third kappa shape index (κ3) is 1.92. The molecule has 2 N–H and O–H groups in total. The SMILES string of the molecule is Nc1c(C(=O)CCl)ccc(Cl)c1F. The lowest BCUT2D eigenvalue weighted by Gasteiger charge is -2.04. The molecule has 0 saturated heterocycles. The van der Waals surface area contributed by atoms with Gasteiger partial charge in [-0.25, -0.2) is 4.39 Å². The average molecular weight is 222 g/mol. The molecule has 0 amide bonds. The van der Waals surface area contributed by atoms with Gasteiger partial charge in [0.1, 0.15) is 0 Å². The lowest BCUT2D eigenvalue weighted by molar-refractivity contribution is 0.102. The molecule has 2 nitrogen and oxygen atoms in total. The van der Waals surface area contributed by atoms with Crippen molar-refractivity contribution in [3.8, 4) is 0 Å². The van der Waals surface area contributed by atoms with Gasteiger partial charge in [0, 0.05) is 5.56 Å². The Balaban J connectivity index is 3.26. The second-order valence-electron chi connectivity index (χ2n) is 2.38. The number of Topliss-reactive ketones (excluding diaryl/α,β-unsaturated/α-hetero) is 1. The molecule has 0 fully saturated rings. The average Bonchev–Trinajstić information content (AvgIpc) is 2.13. The van der Waals surface area contributed by atoms with Gasteiger partial charge >= 0.3 is 0 Å². The summed E-state index contributed by atoms with van der Waals surface area (Å²) in [6.07, 6.45) is 0. The van der Waals surface area contributed by atoms with E-state index in [2.05, 4.69) is 0 Å². The van der Waals surface area contributed by atoms with Gasteiger partial charge in [-0.1, -0.05) is 11.6 Å². The summed E-state index contributed by atoms with van der Waals surface area (Å²) in [5, 5.41) is -0.108. The van der Waals surface area contributed by atoms with Gasteiger partial charge in [0.2, 0.25) is 0 Å². The van der Waals surface area contributed by atoms with Crippen molar-refractivity contribution < 1.29 is 9.18 Å². The van der Waals surface area contributed by atoms with E-state index in [9.17, 15) is 9.18 Å². The van der Waals surface area contributed by atoms with E-state index < -0.39 is 11.6 Å². The number of nitrogens with two attached hydrogens (primary N) is 1. The van der Waals surface area contributed by atoms with Crippen molar-refractivity contribution in [1.29, 1.82) is 0 Å². The summed E-state index contributed by atoms with van der Waals surface area (Å²) in [6, 6.07) is 2.62. The molecule has 0 heterocycles. The first-order valence-electron chi connectivity index (χ1n) is 3.40. The Morgan fingerprint density at radius 2 is 2.15 bits per heavy atom. The van der Waals surface area contributed by atoms with Crippen LogP contribution in [0.1, 0.15) is 10.4 Å². The second-order valence-corrected chi connectivity index (χ2v) is 3.05. The molecule has 0 saturated carbocycles. The maximum Gasteiger partial charge on any atom is 0.179 e. The van der Waals surface area contributed by atoms with Gasteiger partial charge in [0.05, 0.1) is 16.6 Å². The second kappa shape index (κ2) is 3.94. The minimum absolute atomic E-state index is 0.0666. The van der Waals surface area contributed by atoms with Gasteiger partial charge < -0.3 is 5.73 Å². The van der Waals surface area contributed by atoms with Crippen molar-refractivity contribution in [3.05, 3.63) is 28.5 Å². The van der Waals surface area contributed by atoms with Crippen LogP contribution in [-0.2, 0) is 0 Å². The van der Waals surface area contributed by atoms with E-state index >= 15 is 0 Å². The van der Waals surface area contributed by atoms with Crippen molar-refractivity contribution in [3.63, 3.8) is 0 Å². The number of carbonyl (C=O) groups excluding carboxylic acids is 1. The Morgan fingerprint density at radius 1 is 1.54 bits per heavy atom. The van der Waals surface area contributed by atoms with Crippen LogP contribution in [0.3, 0.4) is 0 Å². The Bertz CT molecular complexity index is 354. The summed E-state index contributed by atoms with van der Waals surface area (Å²) in [4.78, 5) is 11.1. The van der Waals surface area contributed by atoms with Crippen LogP contribution in [0.2, 0.25) is 5.02 Å². The molecule has 0 spiro atoms. The highest BCUT2D eigenvalue weighted by molar-refractivity contribution is 6.32. The fourth-order valence-corrected chi connectivity index (χ4v) is 1.19. The molecular weight excluding hydrogens is 216 g/mol. The van der Waals surface area contributed by atoms with Crippen LogP contribution in [-0.4, -0.2) is 11.7 Å². The van der Waals surface area contributed by atoms with Crippen LogP contribution in [0.5, 0.6) is 0 Å². The fraction of sp³-hybridized carbons (Fsp3) is 0.125. The molecular formula is C8H6Cl2FNO. The van der Waals surface area contributed by atoms with Crippen molar-refractivity contribution in [2.24, 2.45) is 0 Å². The van der Waals surface area contributed by atoms with Crippen LogP contribution in [0, 0.1) is 5.82 Å². The molecule has 0 aliphatic heterocycles. The zero-order valence-corrected chi connectivity index (χ0v) is 7.99. The standard InChI is InChI=1S/C8H6Cl2FNO/c9-3-6(13)4-1-2-5(10)7(11)8(4)12/h1-2H,3,12H2. The van der Waals surface area contributed by atoms with Crippen molar-refractivity contribution in [1.82, 2.24) is 0 Å². The highest BCUT2D eigenvalue weighted by atomic mass is 35.5. The third-order valence-corrected chi connectivity index (χ3v) is 2.09. The molecule has 1 rings (SSSR count). The predicted molar refractivity (Wildman–Crippen MR) is 50.9 cm³/mol. The number of rotatable bonds is 2. The number of hydrogen-bond donors (Lipinski definition) is 1. The topological polar surface area (TPSA) is 43.1 Å². The van der Waals surface area contributed by atoms with Crippen LogP contribution >= 0.6 is 23.2 Å². The van der Waals surface area contributed by atoms with Crippen LogP contribution in [0.25, 0.3) is 0 Å². The molecule has 0 radical (unpaired) electrons. The van der Waals surface area contributed by atoms with Crippen LogP contribution in [0.15, 0.2) is 12.1 Å². The van der Waals surface area contributed by atoms with Crippen LogP contribution in [0.4, 0.5) is 10.1 Å². The molecule has 1 aromatic carbocycles. The van der Waals surface area contributed by atoms with Gasteiger partial charge in [0.15, 0.2) is 11.6 Å². The molecule has 1 aromatic rings. The normalized spacial score (nSPS) is 10.1. The summed E-state index contributed by atoms with van der Waals surface area (Å²) in [6.45, 7) is 0. The van der Waals surface area contributed by atoms with Gasteiger partial charge in [-0.2, -0.15) is 0 Å². The molecule has 0 aliphatic carbocycles. The number of alkyl halides is 1. The number of benzene rings is 1. The number of anilines is 1. The number of ketones is 1. The van der Waals surface area contributed by atoms with E-state index in [4.69, 9.17) is 28.9 Å². The number of carbonyl (C=O) groups is 1. The Hall–Kier alpha value is -0.800. The summed E-state index contributed by atoms with van der Waals surface area (Å²) in [5.41, 5.74) is 5.14. The quantitative estimate of drug-likeness (QED) is 0.474. The van der Waals surface area contributed by atoms with E-state index in [-0.39, 0.29) is 22.2 Å². The first-order chi connectivity index (χ1) is 6.07. The van der Waals surface area contributed by atoms with E-state index in [1.54, 1.807) is 0 Å². The Labute approximate surface area is 84.4 Å². The highest BCUT2D eigenvalue weighted by Crippen LogP contribution is 2.24. The Kier molecular flexibility index (Phi) is 3.12. The lowest BCUT2D eigenvalue weighted by Crippen LogP contribution is -2.06. The minimum Gasteiger partial charge on any atom is -0.396 e. The first kappa shape index (κ1) is 10.3. The summed E-state index contributed by atoms with van der Waals surface area (Å²) in [5.74, 6) is -1.43. The highest BCUT2D eigenvalue weighted by Gasteiger charge is 2.13. The zero-order valence-electron chi connectivity index (χ0n) is 6.48. The molecule has 0 bridgehead atoms. The lowest BCUT2D eigenvalue weighted by atomic mass is 10.1. The first-order valence-corrected chi connectivity index (χ1v) is 4.31. The largest absolute Gasteiger partial charge is 0.396 e. The maximum atomic E-state index is 13.0. The van der Waals surface area contributed by atoms with Crippen LogP contribution < -0.4 is 5.73 Å². The van der Waals surface area contributed by atoms with Crippen molar-refractivity contribution in [2.75, 3.05) is 11.6 Å². The molecule has 13 heavy (non-hydrogen) atoms. The molecule has 0 atom stereocenters. The fourth-order valence-electron chi connectivity index (χ4n) is 0.881. The number of halogens is 3. The predicted octanol–water partition coefficient (Wildman–Crippen LogP) is 2.48. The minimum atomic E-state index is -0.780. The molecule has 70 valence electrons. The van der Waals surface area contributed by atoms with Gasteiger partial charge in [-0.15, -0.1) is 11.6 Å². The molecule has 5 heteroatoms. The molecule has 0 unspecified atom stereocenters. The smallest absolute Gasteiger partial charge is 0.179 e. The van der Waals surface area contributed by atoms with E-state index in [0.29, 0.717) is 0 Å². The van der Waals surface area contributed by atoms with E-state index in [1.165, 1.54) is 12.1 Å². The number of nitrogen functional groups attached to an aromatic ring is 1. The summed E-state index contributed by atoms with van der Waals surface area (Å²) in [7, 11) is 0. The Morgan fingerprint density at radius 3 is 2.69 bits per heavy atom. The van der Waals surface area contributed by atoms with E-state index in [0.717, 1.165) is 0 Å². The van der Waals surface area contributed by atoms with Gasteiger partial charge in [-0.3, -0.25) is 4.79 Å². The summed E-state index contributed by atoms with van der Waals surface area (Å²) < 4.78 is 13.0. The third-order valence-electron chi connectivity index (χ3n) is 1.55. The molecule has 0 aromatic heterocycles. The van der Waals surface area contributed by atoms with Gasteiger partial charge in [-0.05, 0) is 12.1 Å². The van der Waals surface area contributed by atoms with Crippen molar-refractivity contribution in [2.45, 2.75) is 0 Å². The molecule has 0 aliphatic rings. The summed E-state index contributed by atoms with van der Waals surface area (Å²) >= 11 is 10.7. The zero-order chi connectivity index (χ0) is 10.0. The van der Waals surface area contributed by atoms with E-state index in [1.807, 2.05) is 0 Å². The van der Waals surface area contributed by atoms with Crippen molar-refractivity contribution >= 4 is 34.7 Å². The monoisotopic (exact) mass is 221 g/mol. The van der Waals surface area contributed by atoms with Gasteiger partial charge in [0.25, 0.3) is 0 Å². The number of hydrogen-bond acceptors (Lipinski definition) is 2.